The smallest absolute Gasteiger partial charge is 0.180 e. The van der Waals surface area contributed by atoms with Crippen molar-refractivity contribution in [3.05, 3.63) is 23.2 Å². The van der Waals surface area contributed by atoms with Gasteiger partial charge in [-0.1, -0.05) is 0 Å². The van der Waals surface area contributed by atoms with Gasteiger partial charge < -0.3 is 9.30 Å². The highest BCUT2D eigenvalue weighted by Crippen LogP contribution is 2.26. The number of imidazole rings is 1. The molecule has 6 heteroatoms. The van der Waals surface area contributed by atoms with Crippen LogP contribution in [0, 0.1) is 0 Å². The summed E-state index contributed by atoms with van der Waals surface area (Å²) < 4.78 is 2.87. The molecule has 3 rings (SSSR count). The quantitative estimate of drug-likeness (QED) is 0.810. The number of rotatable bonds is 1. The third-order valence-electron chi connectivity index (χ3n) is 2.97. The molecule has 17 heavy (non-hydrogen) atoms. The van der Waals surface area contributed by atoms with Crippen molar-refractivity contribution >= 4 is 39.2 Å². The molecule has 1 atom stereocenters. The number of halogens is 1. The first-order chi connectivity index (χ1) is 8.25. The van der Waals surface area contributed by atoms with Crippen LogP contribution in [-0.4, -0.2) is 38.5 Å². The van der Waals surface area contributed by atoms with E-state index in [4.69, 9.17) is 0 Å². The summed E-state index contributed by atoms with van der Waals surface area (Å²) in [6, 6.07) is 0.510. The second kappa shape index (κ2) is 4.49. The predicted molar refractivity (Wildman–Crippen MR) is 74.8 cm³/mol. The molecule has 2 aromatic heterocycles. The number of fused-ring (bicyclic) bond motifs is 1. The van der Waals surface area contributed by atoms with E-state index in [0.717, 1.165) is 34.1 Å². The van der Waals surface area contributed by atoms with E-state index in [0.29, 0.717) is 6.04 Å². The minimum absolute atomic E-state index is 0.510. The van der Waals surface area contributed by atoms with Gasteiger partial charge in [0.1, 0.15) is 4.60 Å². The topological polar surface area (TPSA) is 33.4 Å². The van der Waals surface area contributed by atoms with Gasteiger partial charge in [0, 0.05) is 42.7 Å². The Balaban J connectivity index is 2.11. The maximum atomic E-state index is 4.60. The van der Waals surface area contributed by atoms with Crippen LogP contribution in [0.5, 0.6) is 0 Å². The maximum absolute atomic E-state index is 4.60. The Labute approximate surface area is 113 Å². The molecule has 1 unspecified atom stereocenters. The minimum Gasteiger partial charge on any atom is -0.349 e. The fourth-order valence-corrected chi connectivity index (χ4v) is 3.52. The van der Waals surface area contributed by atoms with Crippen LogP contribution in [0.3, 0.4) is 0 Å². The first-order valence-electron chi connectivity index (χ1n) is 5.59. The lowest BCUT2D eigenvalue weighted by molar-refractivity contribution is 0.689. The van der Waals surface area contributed by atoms with E-state index < -0.39 is 0 Å². The van der Waals surface area contributed by atoms with Gasteiger partial charge in [-0.05, 0) is 22.9 Å². The Morgan fingerprint density at radius 2 is 2.41 bits per heavy atom. The molecular weight excluding hydrogens is 300 g/mol. The van der Waals surface area contributed by atoms with Crippen molar-refractivity contribution in [1.82, 2.24) is 14.4 Å². The largest absolute Gasteiger partial charge is 0.349 e. The van der Waals surface area contributed by atoms with Crippen LogP contribution < -0.4 is 4.90 Å². The summed E-state index contributed by atoms with van der Waals surface area (Å²) in [5.41, 5.74) is 0.937. The van der Waals surface area contributed by atoms with Gasteiger partial charge in [-0.25, -0.2) is 9.97 Å². The molecule has 90 valence electrons. The zero-order valence-corrected chi connectivity index (χ0v) is 11.9. The van der Waals surface area contributed by atoms with E-state index in [1.165, 1.54) is 0 Å². The molecular formula is C11H13BrN4S. The molecule has 1 fully saturated rings. The third kappa shape index (κ3) is 2.04. The number of nitrogens with zero attached hydrogens (tertiary/aromatic N) is 4. The van der Waals surface area contributed by atoms with Crippen molar-refractivity contribution in [2.75, 3.05) is 23.0 Å². The highest BCUT2D eigenvalue weighted by atomic mass is 79.9. The average molecular weight is 313 g/mol. The van der Waals surface area contributed by atoms with Crippen molar-refractivity contribution in [3.63, 3.8) is 0 Å². The van der Waals surface area contributed by atoms with Gasteiger partial charge in [0.15, 0.2) is 11.5 Å². The van der Waals surface area contributed by atoms with E-state index in [1.54, 1.807) is 0 Å². The van der Waals surface area contributed by atoms with Crippen LogP contribution >= 0.6 is 27.7 Å². The molecule has 0 N–H and O–H groups in total. The van der Waals surface area contributed by atoms with Crippen molar-refractivity contribution in [2.45, 2.75) is 13.0 Å². The van der Waals surface area contributed by atoms with Crippen LogP contribution in [0.4, 0.5) is 5.82 Å². The van der Waals surface area contributed by atoms with Gasteiger partial charge in [0.05, 0.1) is 0 Å². The zero-order chi connectivity index (χ0) is 11.8. The van der Waals surface area contributed by atoms with Gasteiger partial charge in [-0.15, -0.1) is 0 Å². The summed E-state index contributed by atoms with van der Waals surface area (Å²) >= 11 is 5.47. The normalized spacial score (nSPS) is 21.1. The molecule has 1 aliphatic rings. The lowest BCUT2D eigenvalue weighted by Crippen LogP contribution is -2.41. The summed E-state index contributed by atoms with van der Waals surface area (Å²) in [6.07, 6.45) is 5.71. The first kappa shape index (κ1) is 11.3. The number of anilines is 1. The van der Waals surface area contributed by atoms with Gasteiger partial charge >= 0.3 is 0 Å². The molecule has 0 saturated carbocycles. The zero-order valence-electron chi connectivity index (χ0n) is 9.51. The van der Waals surface area contributed by atoms with Crippen molar-refractivity contribution in [1.29, 1.82) is 0 Å². The minimum atomic E-state index is 0.510. The van der Waals surface area contributed by atoms with E-state index in [9.17, 15) is 0 Å². The van der Waals surface area contributed by atoms with Crippen LogP contribution in [0.25, 0.3) is 5.65 Å². The summed E-state index contributed by atoms with van der Waals surface area (Å²) in [7, 11) is 0. The summed E-state index contributed by atoms with van der Waals surface area (Å²) in [4.78, 5) is 11.3. The Morgan fingerprint density at radius 3 is 3.24 bits per heavy atom. The van der Waals surface area contributed by atoms with Crippen LogP contribution in [0.15, 0.2) is 23.2 Å². The fraction of sp³-hybridized carbons (Fsp3) is 0.455. The molecule has 1 saturated heterocycles. The van der Waals surface area contributed by atoms with E-state index in [1.807, 2.05) is 34.8 Å². The van der Waals surface area contributed by atoms with E-state index in [2.05, 4.69) is 37.7 Å². The molecule has 0 spiro atoms. The van der Waals surface area contributed by atoms with Gasteiger partial charge in [-0.3, -0.25) is 0 Å². The SMILES string of the molecule is CC1CSCCN1c1nc(Br)cn2ccnc12. The molecule has 0 amide bonds. The second-order valence-electron chi connectivity index (χ2n) is 4.16. The molecule has 0 bridgehead atoms. The standard InChI is InChI=1S/C11H13BrN4S/c1-8-7-17-5-4-16(8)11-10-13-2-3-15(10)6-9(12)14-11/h2-3,6,8H,4-5,7H2,1H3. The Morgan fingerprint density at radius 1 is 1.53 bits per heavy atom. The number of hydrogen-bond donors (Lipinski definition) is 0. The Bertz CT molecular complexity index is 541. The van der Waals surface area contributed by atoms with Crippen LogP contribution in [0.2, 0.25) is 0 Å². The summed E-state index contributed by atoms with van der Waals surface area (Å²) in [6.45, 7) is 3.28. The molecule has 4 nitrogen and oxygen atoms in total. The van der Waals surface area contributed by atoms with Gasteiger partial charge in [0.2, 0.25) is 0 Å². The van der Waals surface area contributed by atoms with Crippen molar-refractivity contribution < 1.29 is 0 Å². The number of aromatic nitrogens is 3. The van der Waals surface area contributed by atoms with E-state index >= 15 is 0 Å². The molecule has 0 radical (unpaired) electrons. The number of thioether (sulfide) groups is 1. The first-order valence-corrected chi connectivity index (χ1v) is 7.54. The second-order valence-corrected chi connectivity index (χ2v) is 6.12. The fourth-order valence-electron chi connectivity index (χ4n) is 2.12. The van der Waals surface area contributed by atoms with Crippen LogP contribution in [0.1, 0.15) is 6.92 Å². The lowest BCUT2D eigenvalue weighted by atomic mass is 10.3. The molecule has 1 aliphatic heterocycles. The van der Waals surface area contributed by atoms with Gasteiger partial charge in [-0.2, -0.15) is 11.8 Å². The van der Waals surface area contributed by atoms with Crippen molar-refractivity contribution in [2.24, 2.45) is 0 Å². The highest BCUT2D eigenvalue weighted by molar-refractivity contribution is 9.10. The van der Waals surface area contributed by atoms with Gasteiger partial charge in [0.25, 0.3) is 0 Å². The van der Waals surface area contributed by atoms with Crippen molar-refractivity contribution in [3.8, 4) is 0 Å². The molecule has 3 heterocycles. The maximum Gasteiger partial charge on any atom is 0.180 e. The Kier molecular flexibility index (Phi) is 3.00. The molecule has 0 aromatic carbocycles. The lowest BCUT2D eigenvalue weighted by Gasteiger charge is -2.34. The average Bonchev–Trinajstić information content (AvgIpc) is 2.76. The van der Waals surface area contributed by atoms with Crippen LogP contribution in [-0.2, 0) is 0 Å². The van der Waals surface area contributed by atoms with E-state index in [-0.39, 0.29) is 0 Å². The predicted octanol–water partition coefficient (Wildman–Crippen LogP) is 2.43. The summed E-state index contributed by atoms with van der Waals surface area (Å²) in [5, 5.41) is 0. The molecule has 0 aliphatic carbocycles. The molecule has 2 aromatic rings. The Hall–Kier alpha value is -0.750. The summed E-state index contributed by atoms with van der Waals surface area (Å²) in [5.74, 6) is 3.30. The third-order valence-corrected chi connectivity index (χ3v) is 4.54. The highest BCUT2D eigenvalue weighted by Gasteiger charge is 2.23. The number of hydrogen-bond acceptors (Lipinski definition) is 4. The monoisotopic (exact) mass is 312 g/mol.